The van der Waals surface area contributed by atoms with Crippen LogP contribution in [0.2, 0.25) is 0 Å². The highest BCUT2D eigenvalue weighted by atomic mass is 16.5. The monoisotopic (exact) mass is 262 g/mol. The van der Waals surface area contributed by atoms with Gasteiger partial charge in [-0.25, -0.2) is 0 Å². The predicted molar refractivity (Wildman–Crippen MR) is 78.4 cm³/mol. The summed E-state index contributed by atoms with van der Waals surface area (Å²) in [6.45, 7) is 4.08. The number of hydrogen-bond donors (Lipinski definition) is 1. The summed E-state index contributed by atoms with van der Waals surface area (Å²) < 4.78 is 5.73. The molecular weight excluding hydrogens is 236 g/mol. The van der Waals surface area contributed by atoms with E-state index in [4.69, 9.17) is 4.74 Å². The van der Waals surface area contributed by atoms with E-state index in [0.29, 0.717) is 6.04 Å². The SMILES string of the molecule is CNC(CC1CCCC1)c1cncc(OC(C)C)c1. The molecule has 0 saturated heterocycles. The normalized spacial score (nSPS) is 17.9. The minimum absolute atomic E-state index is 0.194. The van der Waals surface area contributed by atoms with Crippen molar-refractivity contribution in [3.05, 3.63) is 24.0 Å². The summed E-state index contributed by atoms with van der Waals surface area (Å²) in [4.78, 5) is 4.32. The van der Waals surface area contributed by atoms with Crippen LogP contribution >= 0.6 is 0 Å². The fourth-order valence-corrected chi connectivity index (χ4v) is 2.96. The van der Waals surface area contributed by atoms with Crippen LogP contribution in [0.15, 0.2) is 18.5 Å². The highest BCUT2D eigenvalue weighted by molar-refractivity contribution is 5.26. The van der Waals surface area contributed by atoms with E-state index in [1.165, 1.54) is 37.7 Å². The largest absolute Gasteiger partial charge is 0.489 e. The molecule has 1 saturated carbocycles. The van der Waals surface area contributed by atoms with E-state index in [2.05, 4.69) is 16.4 Å². The fourth-order valence-electron chi connectivity index (χ4n) is 2.96. The van der Waals surface area contributed by atoms with E-state index >= 15 is 0 Å². The molecule has 0 radical (unpaired) electrons. The van der Waals surface area contributed by atoms with Crippen LogP contribution < -0.4 is 10.1 Å². The zero-order valence-corrected chi connectivity index (χ0v) is 12.4. The number of nitrogens with zero attached hydrogens (tertiary/aromatic N) is 1. The first-order valence-electron chi connectivity index (χ1n) is 7.48. The molecular formula is C16H26N2O. The Kier molecular flexibility index (Phi) is 5.20. The van der Waals surface area contributed by atoms with Crippen molar-refractivity contribution in [3.63, 3.8) is 0 Å². The molecule has 1 fully saturated rings. The average Bonchev–Trinajstić information content (AvgIpc) is 2.88. The number of rotatable bonds is 6. The predicted octanol–water partition coefficient (Wildman–Crippen LogP) is 3.71. The molecule has 0 bridgehead atoms. The molecule has 2 rings (SSSR count). The number of ether oxygens (including phenoxy) is 1. The zero-order chi connectivity index (χ0) is 13.7. The molecule has 1 aliphatic carbocycles. The van der Waals surface area contributed by atoms with Crippen LogP contribution in [0.5, 0.6) is 5.75 Å². The maximum absolute atomic E-state index is 5.73. The highest BCUT2D eigenvalue weighted by Gasteiger charge is 2.20. The molecule has 0 aromatic carbocycles. The lowest BCUT2D eigenvalue weighted by Gasteiger charge is -2.21. The van der Waals surface area contributed by atoms with Gasteiger partial charge < -0.3 is 10.1 Å². The minimum Gasteiger partial charge on any atom is -0.489 e. The lowest BCUT2D eigenvalue weighted by Crippen LogP contribution is -2.19. The van der Waals surface area contributed by atoms with E-state index in [0.717, 1.165) is 11.7 Å². The van der Waals surface area contributed by atoms with Crippen molar-refractivity contribution in [2.24, 2.45) is 5.92 Å². The Morgan fingerprint density at radius 3 is 2.68 bits per heavy atom. The lowest BCUT2D eigenvalue weighted by atomic mass is 9.94. The van der Waals surface area contributed by atoms with Crippen molar-refractivity contribution in [3.8, 4) is 5.75 Å². The highest BCUT2D eigenvalue weighted by Crippen LogP contribution is 2.33. The van der Waals surface area contributed by atoms with E-state index in [9.17, 15) is 0 Å². The smallest absolute Gasteiger partial charge is 0.138 e. The summed E-state index contributed by atoms with van der Waals surface area (Å²) in [5.41, 5.74) is 1.24. The number of pyridine rings is 1. The quantitative estimate of drug-likeness (QED) is 0.848. The van der Waals surface area contributed by atoms with Gasteiger partial charge in [0.2, 0.25) is 0 Å². The molecule has 0 aliphatic heterocycles. The van der Waals surface area contributed by atoms with Crippen LogP contribution in [0, 0.1) is 5.92 Å². The second-order valence-corrected chi connectivity index (χ2v) is 5.85. The van der Waals surface area contributed by atoms with Crippen LogP contribution in [0.4, 0.5) is 0 Å². The van der Waals surface area contributed by atoms with Gasteiger partial charge in [0, 0.05) is 12.2 Å². The van der Waals surface area contributed by atoms with Crippen molar-refractivity contribution >= 4 is 0 Å². The molecule has 0 amide bonds. The van der Waals surface area contributed by atoms with E-state index in [1.54, 1.807) is 6.20 Å². The zero-order valence-electron chi connectivity index (χ0n) is 12.4. The number of hydrogen-bond acceptors (Lipinski definition) is 3. The second-order valence-electron chi connectivity index (χ2n) is 5.85. The van der Waals surface area contributed by atoms with Crippen LogP contribution in [0.25, 0.3) is 0 Å². The van der Waals surface area contributed by atoms with Crippen molar-refractivity contribution in [2.45, 2.75) is 58.1 Å². The van der Waals surface area contributed by atoms with E-state index < -0.39 is 0 Å². The van der Waals surface area contributed by atoms with Gasteiger partial charge in [-0.05, 0) is 44.9 Å². The Balaban J connectivity index is 2.04. The topological polar surface area (TPSA) is 34.2 Å². The lowest BCUT2D eigenvalue weighted by molar-refractivity contribution is 0.241. The van der Waals surface area contributed by atoms with Gasteiger partial charge in [-0.1, -0.05) is 25.7 Å². The van der Waals surface area contributed by atoms with Crippen LogP contribution in [0.3, 0.4) is 0 Å². The average molecular weight is 262 g/mol. The number of nitrogens with one attached hydrogen (secondary N) is 1. The maximum atomic E-state index is 5.73. The minimum atomic E-state index is 0.194. The first-order valence-corrected chi connectivity index (χ1v) is 7.48. The molecule has 1 aliphatic rings. The molecule has 1 aromatic heterocycles. The Morgan fingerprint density at radius 1 is 1.32 bits per heavy atom. The van der Waals surface area contributed by atoms with Gasteiger partial charge in [-0.3, -0.25) is 4.98 Å². The van der Waals surface area contributed by atoms with Crippen LogP contribution in [0.1, 0.15) is 57.6 Å². The summed E-state index contributed by atoms with van der Waals surface area (Å²) in [6.07, 6.45) is 10.7. The van der Waals surface area contributed by atoms with Crippen molar-refractivity contribution in [1.82, 2.24) is 10.3 Å². The van der Waals surface area contributed by atoms with Crippen molar-refractivity contribution in [1.29, 1.82) is 0 Å². The van der Waals surface area contributed by atoms with Gasteiger partial charge in [0.15, 0.2) is 0 Å². The molecule has 1 atom stereocenters. The molecule has 3 nitrogen and oxygen atoms in total. The fraction of sp³-hybridized carbons (Fsp3) is 0.688. The van der Waals surface area contributed by atoms with Crippen LogP contribution in [-0.4, -0.2) is 18.1 Å². The second kappa shape index (κ2) is 6.90. The summed E-state index contributed by atoms with van der Waals surface area (Å²) in [7, 11) is 2.04. The van der Waals surface area contributed by atoms with Gasteiger partial charge in [0.1, 0.15) is 5.75 Å². The molecule has 3 heteroatoms. The van der Waals surface area contributed by atoms with Gasteiger partial charge in [0.05, 0.1) is 12.3 Å². The summed E-state index contributed by atoms with van der Waals surface area (Å²) in [5.74, 6) is 1.74. The van der Waals surface area contributed by atoms with Crippen molar-refractivity contribution in [2.75, 3.05) is 7.05 Å². The molecule has 1 N–H and O–H groups in total. The molecule has 106 valence electrons. The summed E-state index contributed by atoms with van der Waals surface area (Å²) >= 11 is 0. The molecule has 1 unspecified atom stereocenters. The Labute approximate surface area is 116 Å². The molecule has 0 spiro atoms. The van der Waals surface area contributed by atoms with Gasteiger partial charge in [-0.15, -0.1) is 0 Å². The molecule has 1 aromatic rings. The standard InChI is InChI=1S/C16H26N2O/c1-12(2)19-15-9-14(10-18-11-15)16(17-3)8-13-6-4-5-7-13/h9-13,16-17H,4-8H2,1-3H3. The van der Waals surface area contributed by atoms with Crippen molar-refractivity contribution < 1.29 is 4.74 Å². The summed E-state index contributed by atoms with van der Waals surface area (Å²) in [5, 5.41) is 3.43. The Morgan fingerprint density at radius 2 is 2.05 bits per heavy atom. The van der Waals surface area contributed by atoms with E-state index in [1.807, 2.05) is 27.1 Å². The summed E-state index contributed by atoms with van der Waals surface area (Å²) in [6, 6.07) is 2.52. The number of aromatic nitrogens is 1. The first kappa shape index (κ1) is 14.3. The molecule has 1 heterocycles. The third-order valence-electron chi connectivity index (χ3n) is 3.90. The Hall–Kier alpha value is -1.09. The molecule has 19 heavy (non-hydrogen) atoms. The third kappa shape index (κ3) is 4.20. The maximum Gasteiger partial charge on any atom is 0.138 e. The van der Waals surface area contributed by atoms with Gasteiger partial charge >= 0.3 is 0 Å². The van der Waals surface area contributed by atoms with Crippen LogP contribution in [-0.2, 0) is 0 Å². The van der Waals surface area contributed by atoms with E-state index in [-0.39, 0.29) is 6.10 Å². The third-order valence-corrected chi connectivity index (χ3v) is 3.90. The van der Waals surface area contributed by atoms with Gasteiger partial charge in [-0.2, -0.15) is 0 Å². The van der Waals surface area contributed by atoms with Gasteiger partial charge in [0.25, 0.3) is 0 Å². The first-order chi connectivity index (χ1) is 9.19. The Bertz CT molecular complexity index is 386.